The molecule has 6 heteroatoms. The van der Waals surface area contributed by atoms with Crippen LogP contribution in [-0.4, -0.2) is 46.5 Å². The number of methoxy groups -OCH3 is 1. The van der Waals surface area contributed by atoms with E-state index >= 15 is 0 Å². The summed E-state index contributed by atoms with van der Waals surface area (Å²) in [4.78, 5) is 10.6. The molecule has 0 aliphatic rings. The first kappa shape index (κ1) is 12.5. The lowest BCUT2D eigenvalue weighted by atomic mass is 10.3. The number of carboxylic acids is 1. The summed E-state index contributed by atoms with van der Waals surface area (Å²) in [5.41, 5.74) is 5.20. The Morgan fingerprint density at radius 1 is 1.69 bits per heavy atom. The molecular weight excluding hydrogens is 194 g/mol. The van der Waals surface area contributed by atoms with Crippen molar-refractivity contribution in [3.8, 4) is 0 Å². The van der Waals surface area contributed by atoms with Gasteiger partial charge >= 0.3 is 5.97 Å². The van der Waals surface area contributed by atoms with Gasteiger partial charge in [0.05, 0.1) is 6.61 Å². The summed E-state index contributed by atoms with van der Waals surface area (Å²) in [5.74, 6) is -0.812. The fraction of sp³-hybridized carbons (Fsp3) is 0.857. The van der Waals surface area contributed by atoms with Gasteiger partial charge in [-0.3, -0.25) is 9.00 Å². The molecule has 0 aromatic heterocycles. The number of rotatable bonds is 7. The maximum absolute atomic E-state index is 11.3. The second-order valence-electron chi connectivity index (χ2n) is 2.48. The molecule has 0 fully saturated rings. The van der Waals surface area contributed by atoms with Crippen LogP contribution in [0.15, 0.2) is 0 Å². The Hall–Kier alpha value is -0.460. The maximum atomic E-state index is 11.3. The lowest BCUT2D eigenvalue weighted by Gasteiger charge is -2.09. The van der Waals surface area contributed by atoms with Gasteiger partial charge in [0.2, 0.25) is 0 Å². The Labute approximate surface area is 79.7 Å². The van der Waals surface area contributed by atoms with Gasteiger partial charge in [-0.1, -0.05) is 0 Å². The summed E-state index contributed by atoms with van der Waals surface area (Å²) >= 11 is 0. The van der Waals surface area contributed by atoms with Crippen molar-refractivity contribution in [1.82, 2.24) is 0 Å². The lowest BCUT2D eigenvalue weighted by molar-refractivity contribution is -0.136. The van der Waals surface area contributed by atoms with E-state index in [0.717, 1.165) is 0 Å². The monoisotopic (exact) mass is 209 g/mol. The molecule has 0 aromatic rings. The average Bonchev–Trinajstić information content (AvgIpc) is 2.09. The predicted molar refractivity (Wildman–Crippen MR) is 50.0 cm³/mol. The minimum atomic E-state index is -1.39. The van der Waals surface area contributed by atoms with E-state index < -0.39 is 22.0 Å². The van der Waals surface area contributed by atoms with Crippen LogP contribution in [0.1, 0.15) is 6.42 Å². The van der Waals surface area contributed by atoms with Crippen LogP contribution in [0.25, 0.3) is 0 Å². The first-order valence-corrected chi connectivity index (χ1v) is 5.30. The van der Waals surface area contributed by atoms with Gasteiger partial charge in [0, 0.05) is 23.7 Å². The highest BCUT2D eigenvalue weighted by molar-refractivity contribution is 7.86. The number of aliphatic carboxylic acids is 1. The molecule has 2 atom stereocenters. The van der Waals surface area contributed by atoms with Crippen LogP contribution in [0.4, 0.5) is 0 Å². The molecule has 2 unspecified atom stereocenters. The van der Waals surface area contributed by atoms with E-state index in [2.05, 4.69) is 0 Å². The second-order valence-corrected chi connectivity index (χ2v) is 4.22. The van der Waals surface area contributed by atoms with Gasteiger partial charge in [0.25, 0.3) is 0 Å². The van der Waals surface area contributed by atoms with Crippen molar-refractivity contribution in [3.63, 3.8) is 0 Å². The van der Waals surface area contributed by atoms with Gasteiger partial charge in [0.1, 0.15) is 5.25 Å². The second kappa shape index (κ2) is 6.99. The molecule has 0 bridgehead atoms. The summed E-state index contributed by atoms with van der Waals surface area (Å²) < 4.78 is 16.0. The molecule has 0 saturated heterocycles. The van der Waals surface area contributed by atoms with Crippen molar-refractivity contribution in [2.45, 2.75) is 11.7 Å². The van der Waals surface area contributed by atoms with Crippen LogP contribution in [-0.2, 0) is 20.3 Å². The van der Waals surface area contributed by atoms with Crippen LogP contribution in [0.3, 0.4) is 0 Å². The molecule has 3 N–H and O–H groups in total. The normalized spacial score (nSPS) is 15.2. The van der Waals surface area contributed by atoms with E-state index in [0.29, 0.717) is 6.61 Å². The van der Waals surface area contributed by atoms with E-state index in [-0.39, 0.29) is 18.7 Å². The fourth-order valence-electron chi connectivity index (χ4n) is 0.826. The minimum absolute atomic E-state index is 0.232. The molecule has 0 aliphatic heterocycles. The number of ether oxygens (including phenoxy) is 1. The summed E-state index contributed by atoms with van der Waals surface area (Å²) in [6.07, 6.45) is 0.242. The van der Waals surface area contributed by atoms with Crippen molar-refractivity contribution < 1.29 is 18.8 Å². The van der Waals surface area contributed by atoms with E-state index in [1.165, 1.54) is 7.11 Å². The Bertz CT molecular complexity index is 185. The highest BCUT2D eigenvalue weighted by Gasteiger charge is 2.23. The number of hydrogen-bond acceptors (Lipinski definition) is 4. The van der Waals surface area contributed by atoms with Gasteiger partial charge in [0.15, 0.2) is 0 Å². The lowest BCUT2D eigenvalue weighted by Crippen LogP contribution is -2.30. The van der Waals surface area contributed by atoms with Crippen LogP contribution in [0, 0.1) is 0 Å². The Morgan fingerprint density at radius 2 is 2.31 bits per heavy atom. The number of carbonyl (C=O) groups is 1. The van der Waals surface area contributed by atoms with Crippen LogP contribution < -0.4 is 5.73 Å². The van der Waals surface area contributed by atoms with Gasteiger partial charge in [-0.2, -0.15) is 0 Å². The van der Waals surface area contributed by atoms with Gasteiger partial charge in [-0.05, 0) is 13.0 Å². The third kappa shape index (κ3) is 4.97. The molecule has 0 aliphatic carbocycles. The summed E-state index contributed by atoms with van der Waals surface area (Å²) in [7, 11) is 0.0898. The largest absolute Gasteiger partial charge is 0.480 e. The van der Waals surface area contributed by atoms with Crippen LogP contribution in [0.5, 0.6) is 0 Å². The van der Waals surface area contributed by atoms with E-state index in [1.807, 2.05) is 0 Å². The molecule has 0 radical (unpaired) electrons. The molecule has 5 nitrogen and oxygen atoms in total. The van der Waals surface area contributed by atoms with Gasteiger partial charge in [-0.25, -0.2) is 0 Å². The van der Waals surface area contributed by atoms with Crippen molar-refractivity contribution >= 4 is 16.8 Å². The first-order valence-electron chi connectivity index (χ1n) is 3.92. The SMILES string of the molecule is COCCS(=O)C(CCN)C(=O)O. The molecule has 0 spiro atoms. The van der Waals surface area contributed by atoms with Gasteiger partial charge < -0.3 is 15.6 Å². The smallest absolute Gasteiger partial charge is 0.319 e. The quantitative estimate of drug-likeness (QED) is 0.572. The minimum Gasteiger partial charge on any atom is -0.480 e. The molecule has 0 heterocycles. The molecule has 0 rings (SSSR count). The molecule has 13 heavy (non-hydrogen) atoms. The van der Waals surface area contributed by atoms with Crippen molar-refractivity contribution in [2.24, 2.45) is 5.73 Å². The highest BCUT2D eigenvalue weighted by atomic mass is 32.2. The van der Waals surface area contributed by atoms with Gasteiger partial charge in [-0.15, -0.1) is 0 Å². The van der Waals surface area contributed by atoms with E-state index in [9.17, 15) is 9.00 Å². The number of carboxylic acid groups (broad SMARTS) is 1. The summed E-state index contributed by atoms with van der Waals surface area (Å²) in [6.45, 7) is 0.538. The zero-order valence-corrected chi connectivity index (χ0v) is 8.38. The molecule has 0 saturated carbocycles. The molecule has 0 aromatic carbocycles. The molecule has 0 amide bonds. The van der Waals surface area contributed by atoms with Crippen LogP contribution >= 0.6 is 0 Å². The maximum Gasteiger partial charge on any atom is 0.319 e. The number of nitrogens with two attached hydrogens (primary N) is 1. The predicted octanol–water partition coefficient (Wildman–Crippen LogP) is -0.816. The first-order chi connectivity index (χ1) is 6.13. The topological polar surface area (TPSA) is 89.6 Å². The Morgan fingerprint density at radius 3 is 2.69 bits per heavy atom. The highest BCUT2D eigenvalue weighted by Crippen LogP contribution is 2.02. The van der Waals surface area contributed by atoms with Crippen molar-refractivity contribution in [2.75, 3.05) is 26.0 Å². The van der Waals surface area contributed by atoms with E-state index in [1.54, 1.807) is 0 Å². The Kier molecular flexibility index (Phi) is 6.75. The van der Waals surface area contributed by atoms with Crippen molar-refractivity contribution in [3.05, 3.63) is 0 Å². The third-order valence-corrected chi connectivity index (χ3v) is 3.15. The van der Waals surface area contributed by atoms with Crippen LogP contribution in [0.2, 0.25) is 0 Å². The number of hydrogen-bond donors (Lipinski definition) is 2. The molecule has 78 valence electrons. The molecular formula is C7H15NO4S. The zero-order chi connectivity index (χ0) is 10.3. The van der Waals surface area contributed by atoms with Crippen molar-refractivity contribution in [1.29, 1.82) is 0 Å². The Balaban J connectivity index is 4.03. The third-order valence-electron chi connectivity index (χ3n) is 1.51. The zero-order valence-electron chi connectivity index (χ0n) is 7.56. The van der Waals surface area contributed by atoms with E-state index in [4.69, 9.17) is 15.6 Å². The summed E-state index contributed by atoms with van der Waals surface area (Å²) in [5, 5.41) is 7.82. The summed E-state index contributed by atoms with van der Waals surface area (Å²) in [6, 6.07) is 0. The fourth-order valence-corrected chi connectivity index (χ4v) is 2.07. The average molecular weight is 209 g/mol. The standard InChI is InChI=1S/C7H15NO4S/c1-12-4-5-13(11)6(2-3-8)7(9)10/h6H,2-5,8H2,1H3,(H,9,10).